The maximum atomic E-state index is 2.64. The summed E-state index contributed by atoms with van der Waals surface area (Å²) in [7, 11) is 0. The summed E-state index contributed by atoms with van der Waals surface area (Å²) < 4.78 is 5.19. The molecule has 2 heteroatoms. The fourth-order valence-corrected chi connectivity index (χ4v) is 11.5. The van der Waals surface area contributed by atoms with Crippen LogP contribution >= 0.6 is 0 Å². The van der Waals surface area contributed by atoms with Gasteiger partial charge in [0.1, 0.15) is 5.54 Å². The van der Waals surface area contributed by atoms with Crippen LogP contribution in [0, 0.1) is 0 Å². The molecular weight excluding hydrogens is 749 g/mol. The molecule has 13 rings (SSSR count). The number of hydrogen-bond donors (Lipinski definition) is 0. The zero-order valence-electron chi connectivity index (χ0n) is 34.0. The summed E-state index contributed by atoms with van der Waals surface area (Å²) in [6.07, 6.45) is 0. The Hall–Kier alpha value is -7.94. The lowest BCUT2D eigenvalue weighted by Crippen LogP contribution is -2.34. The van der Waals surface area contributed by atoms with E-state index in [1.54, 1.807) is 0 Å². The van der Waals surface area contributed by atoms with Crippen molar-refractivity contribution in [2.24, 2.45) is 0 Å². The van der Waals surface area contributed by atoms with Crippen molar-refractivity contribution in [2.45, 2.75) is 11.0 Å². The molecule has 0 spiro atoms. The average molecular weight is 789 g/mol. The first-order valence-electron chi connectivity index (χ1n) is 21.6. The smallest absolute Gasteiger partial charge is 0.122 e. The highest BCUT2D eigenvalue weighted by Gasteiger charge is 2.50. The van der Waals surface area contributed by atoms with E-state index in [1.165, 1.54) is 100 Å². The van der Waals surface area contributed by atoms with E-state index in [-0.39, 0.29) is 0 Å². The summed E-state index contributed by atoms with van der Waals surface area (Å²) in [5.41, 5.74) is 18.9. The van der Waals surface area contributed by atoms with Crippen LogP contribution in [0.3, 0.4) is 0 Å². The molecule has 0 bridgehead atoms. The van der Waals surface area contributed by atoms with Gasteiger partial charge in [-0.05, 0) is 62.7 Å². The predicted octanol–water partition coefficient (Wildman–Crippen LogP) is 14.4. The second-order valence-electron chi connectivity index (χ2n) is 16.7. The normalized spacial score (nSPS) is 14.1. The summed E-state index contributed by atoms with van der Waals surface area (Å²) in [5.74, 6) is 0. The van der Waals surface area contributed by atoms with Gasteiger partial charge in [-0.2, -0.15) is 0 Å². The summed E-state index contributed by atoms with van der Waals surface area (Å²) in [5, 5.41) is 2.50. The third-order valence-corrected chi connectivity index (χ3v) is 13.8. The molecule has 9 aromatic carbocycles. The highest BCUT2D eigenvalue weighted by Crippen LogP contribution is 2.59. The molecule has 0 amide bonds. The van der Waals surface area contributed by atoms with Crippen LogP contribution < -0.4 is 0 Å². The number of hydrogen-bond acceptors (Lipinski definition) is 0. The van der Waals surface area contributed by atoms with E-state index < -0.39 is 11.0 Å². The SMILES string of the molecule is c1ccc(C2(c3ccccc3)c3ccccc3-n3c2c(-c2ccc(-c4c5n(c6ccccc46)C(c4ccccc4)(c4ccccc4)c4ccccc4-5)cc2)c2ccccc23)cc1. The number of fused-ring (bicyclic) bond motifs is 10. The van der Waals surface area contributed by atoms with Gasteiger partial charge in [0.2, 0.25) is 0 Å². The minimum absolute atomic E-state index is 0.548. The van der Waals surface area contributed by atoms with Gasteiger partial charge in [0.15, 0.2) is 0 Å². The van der Waals surface area contributed by atoms with Crippen molar-refractivity contribution in [3.8, 4) is 39.2 Å². The molecule has 2 nitrogen and oxygen atoms in total. The Morgan fingerprint density at radius 3 is 1.35 bits per heavy atom. The maximum Gasteiger partial charge on any atom is 0.122 e. The quantitative estimate of drug-likeness (QED) is 0.159. The lowest BCUT2D eigenvalue weighted by atomic mass is 9.67. The fourth-order valence-electron chi connectivity index (χ4n) is 11.5. The number of benzene rings is 9. The van der Waals surface area contributed by atoms with Gasteiger partial charge in [-0.25, -0.2) is 0 Å². The van der Waals surface area contributed by atoms with Gasteiger partial charge < -0.3 is 9.13 Å². The molecule has 0 atom stereocenters. The van der Waals surface area contributed by atoms with E-state index in [1.807, 2.05) is 0 Å². The van der Waals surface area contributed by atoms with Crippen LogP contribution in [0.1, 0.15) is 39.1 Å². The molecule has 0 saturated carbocycles. The zero-order chi connectivity index (χ0) is 40.8. The van der Waals surface area contributed by atoms with Crippen molar-refractivity contribution < 1.29 is 0 Å². The molecule has 0 aliphatic carbocycles. The number of aromatic nitrogens is 2. The Bertz CT molecular complexity index is 3410. The van der Waals surface area contributed by atoms with E-state index in [0.717, 1.165) is 0 Å². The highest BCUT2D eigenvalue weighted by atomic mass is 15.1. The Kier molecular flexibility index (Phi) is 7.47. The second kappa shape index (κ2) is 13.3. The van der Waals surface area contributed by atoms with E-state index in [0.29, 0.717) is 0 Å². The standard InChI is InChI=1S/C60H40N2/c1-5-21-43(22-6-1)59(44-23-7-2-8-24-44)51-33-17-20-36-54(51)61-52-34-18-14-30-48(52)56(58(59)61)42-39-37-41(38-40-42)55-49-31-15-19-35-53(49)62-57(55)47-29-13-16-32-50(47)60(62,45-25-9-3-10-26-45)46-27-11-4-12-28-46/h1-40H. The highest BCUT2D eigenvalue weighted by molar-refractivity contribution is 6.08. The lowest BCUT2D eigenvalue weighted by Gasteiger charge is -2.35. The molecular formula is C60H40N2. The van der Waals surface area contributed by atoms with E-state index in [2.05, 4.69) is 252 Å². The van der Waals surface area contributed by atoms with Crippen LogP contribution in [0.2, 0.25) is 0 Å². The largest absolute Gasteiger partial charge is 0.321 e. The number of rotatable bonds is 6. The predicted molar refractivity (Wildman–Crippen MR) is 255 cm³/mol. The van der Waals surface area contributed by atoms with E-state index in [4.69, 9.17) is 0 Å². The molecule has 0 N–H and O–H groups in total. The zero-order valence-corrected chi connectivity index (χ0v) is 34.0. The lowest BCUT2D eigenvalue weighted by molar-refractivity contribution is 0.562. The molecule has 62 heavy (non-hydrogen) atoms. The summed E-state index contributed by atoms with van der Waals surface area (Å²) >= 11 is 0. The van der Waals surface area contributed by atoms with Gasteiger partial charge >= 0.3 is 0 Å². The minimum atomic E-state index is -0.564. The molecule has 0 fully saturated rings. The van der Waals surface area contributed by atoms with Crippen LogP contribution in [0.4, 0.5) is 0 Å². The minimum Gasteiger partial charge on any atom is -0.321 e. The van der Waals surface area contributed by atoms with Crippen molar-refractivity contribution in [3.63, 3.8) is 0 Å². The van der Waals surface area contributed by atoms with Crippen molar-refractivity contribution >= 4 is 21.8 Å². The van der Waals surface area contributed by atoms with Gasteiger partial charge in [-0.15, -0.1) is 0 Å². The average Bonchev–Trinajstić information content (AvgIpc) is 4.06. The summed E-state index contributed by atoms with van der Waals surface area (Å²) in [6, 6.07) is 89.9. The first kappa shape index (κ1) is 34.9. The van der Waals surface area contributed by atoms with Gasteiger partial charge in [-0.3, -0.25) is 0 Å². The van der Waals surface area contributed by atoms with E-state index >= 15 is 0 Å². The molecule has 0 unspecified atom stereocenters. The summed E-state index contributed by atoms with van der Waals surface area (Å²) in [4.78, 5) is 0. The Balaban J connectivity index is 1.09. The van der Waals surface area contributed by atoms with Crippen molar-refractivity contribution in [1.82, 2.24) is 9.13 Å². The Morgan fingerprint density at radius 1 is 0.323 bits per heavy atom. The van der Waals surface area contributed by atoms with Crippen molar-refractivity contribution in [1.29, 1.82) is 0 Å². The van der Waals surface area contributed by atoms with Crippen LogP contribution in [0.15, 0.2) is 243 Å². The molecule has 2 aliphatic heterocycles. The number of nitrogens with zero attached hydrogens (tertiary/aromatic N) is 2. The molecule has 11 aromatic rings. The van der Waals surface area contributed by atoms with Crippen LogP contribution in [0.5, 0.6) is 0 Å². The third-order valence-electron chi connectivity index (χ3n) is 13.8. The van der Waals surface area contributed by atoms with Crippen molar-refractivity contribution in [3.05, 3.63) is 282 Å². The van der Waals surface area contributed by atoms with Gasteiger partial charge in [0.25, 0.3) is 0 Å². The second-order valence-corrected chi connectivity index (χ2v) is 16.7. The van der Waals surface area contributed by atoms with Crippen LogP contribution in [0.25, 0.3) is 61.0 Å². The monoisotopic (exact) mass is 788 g/mol. The fraction of sp³-hybridized carbons (Fsp3) is 0.0333. The molecule has 290 valence electrons. The third kappa shape index (κ3) is 4.48. The van der Waals surface area contributed by atoms with Gasteiger partial charge in [0, 0.05) is 27.5 Å². The number of para-hydroxylation sites is 3. The molecule has 2 aliphatic rings. The first-order chi connectivity index (χ1) is 30.8. The Morgan fingerprint density at radius 2 is 0.758 bits per heavy atom. The van der Waals surface area contributed by atoms with Crippen LogP contribution in [-0.2, 0) is 11.0 Å². The Labute approximate surface area is 361 Å². The maximum absolute atomic E-state index is 2.64. The summed E-state index contributed by atoms with van der Waals surface area (Å²) in [6.45, 7) is 0. The van der Waals surface area contributed by atoms with Crippen LogP contribution in [-0.4, -0.2) is 9.13 Å². The topological polar surface area (TPSA) is 9.86 Å². The molecule has 0 saturated heterocycles. The molecule has 2 aromatic heterocycles. The first-order valence-corrected chi connectivity index (χ1v) is 21.6. The van der Waals surface area contributed by atoms with Gasteiger partial charge in [0.05, 0.1) is 33.5 Å². The van der Waals surface area contributed by atoms with Gasteiger partial charge in [-0.1, -0.05) is 224 Å². The molecule has 0 radical (unpaired) electrons. The van der Waals surface area contributed by atoms with E-state index in [9.17, 15) is 0 Å². The van der Waals surface area contributed by atoms with Crippen molar-refractivity contribution in [2.75, 3.05) is 0 Å². The molecule has 4 heterocycles.